The Morgan fingerprint density at radius 3 is 2.95 bits per heavy atom. The van der Waals surface area contributed by atoms with E-state index in [-0.39, 0.29) is 18.2 Å². The second kappa shape index (κ2) is 11.7. The van der Waals surface area contributed by atoms with E-state index in [1.807, 2.05) is 53.9 Å². The fourth-order valence-corrected chi connectivity index (χ4v) is 4.96. The number of hydrogen-bond acceptors (Lipinski definition) is 8. The molecule has 0 saturated carbocycles. The minimum atomic E-state index is -0.348. The van der Waals surface area contributed by atoms with Crippen LogP contribution in [0.2, 0.25) is 5.02 Å². The molecular weight excluding hydrogens is 522 g/mol. The zero-order valence-electron chi connectivity index (χ0n) is 20.9. The normalized spacial score (nSPS) is 16.5. The summed E-state index contributed by atoms with van der Waals surface area (Å²) in [5, 5.41) is 10.2. The summed E-state index contributed by atoms with van der Waals surface area (Å²) in [6.07, 6.45) is 1.81. The first-order valence-corrected chi connectivity index (χ1v) is 13.3. The number of carbonyl (C=O) groups excluding carboxylic acids is 1. The molecule has 5 rings (SSSR count). The summed E-state index contributed by atoms with van der Waals surface area (Å²) in [7, 11) is 3.33. The molecule has 1 saturated heterocycles. The topological polar surface area (TPSA) is 88.6 Å². The quantitative estimate of drug-likeness (QED) is 0.310. The predicted molar refractivity (Wildman–Crippen MR) is 150 cm³/mol. The van der Waals surface area contributed by atoms with Gasteiger partial charge in [0.15, 0.2) is 0 Å². The first kappa shape index (κ1) is 25.8. The van der Waals surface area contributed by atoms with Gasteiger partial charge >= 0.3 is 6.09 Å². The van der Waals surface area contributed by atoms with Gasteiger partial charge in [0.25, 0.3) is 0 Å². The highest BCUT2D eigenvalue weighted by molar-refractivity contribution is 7.17. The van der Waals surface area contributed by atoms with Crippen LogP contribution >= 0.6 is 22.9 Å². The third-order valence-electron chi connectivity index (χ3n) is 5.84. The number of nitrogens with one attached hydrogen (secondary N) is 2. The number of ether oxygens (including phenoxy) is 2. The third-order valence-corrected chi connectivity index (χ3v) is 7.00. The number of aromatic nitrogens is 2. The van der Waals surface area contributed by atoms with E-state index in [0.29, 0.717) is 41.9 Å². The molecule has 1 aliphatic rings. The second-order valence-corrected chi connectivity index (χ2v) is 10.3. The van der Waals surface area contributed by atoms with Gasteiger partial charge in [-0.15, -0.1) is 11.3 Å². The molecule has 1 amide bonds. The zero-order valence-corrected chi connectivity index (χ0v) is 22.5. The molecule has 1 aromatic carbocycles. The molecule has 0 spiro atoms. The van der Waals surface area contributed by atoms with Gasteiger partial charge in [0.05, 0.1) is 16.8 Å². The largest absolute Gasteiger partial charge is 0.486 e. The summed E-state index contributed by atoms with van der Waals surface area (Å²) in [6, 6.07) is 15.2. The Morgan fingerprint density at radius 1 is 1.26 bits per heavy atom. The maximum atomic E-state index is 11.8. The van der Waals surface area contributed by atoms with Crippen molar-refractivity contribution >= 4 is 50.6 Å². The van der Waals surface area contributed by atoms with Crippen molar-refractivity contribution in [2.24, 2.45) is 0 Å². The van der Waals surface area contributed by atoms with Crippen LogP contribution in [-0.2, 0) is 11.3 Å². The molecule has 0 unspecified atom stereocenters. The molecule has 2 N–H and O–H groups in total. The summed E-state index contributed by atoms with van der Waals surface area (Å²) in [4.78, 5) is 22.3. The lowest BCUT2D eigenvalue weighted by molar-refractivity contribution is 0.0826. The van der Waals surface area contributed by atoms with Crippen molar-refractivity contribution < 1.29 is 14.3 Å². The van der Waals surface area contributed by atoms with E-state index in [1.165, 1.54) is 4.90 Å². The highest BCUT2D eigenvalue weighted by Gasteiger charge is 2.26. The number of fused-ring (bicyclic) bond motifs is 1. The van der Waals surface area contributed by atoms with Gasteiger partial charge in [0.2, 0.25) is 0 Å². The van der Waals surface area contributed by atoms with E-state index in [9.17, 15) is 4.79 Å². The Balaban J connectivity index is 1.28. The van der Waals surface area contributed by atoms with Gasteiger partial charge in [-0.05, 0) is 53.8 Å². The maximum Gasteiger partial charge on any atom is 0.409 e. The highest BCUT2D eigenvalue weighted by atomic mass is 35.5. The van der Waals surface area contributed by atoms with Crippen LogP contribution in [0.1, 0.15) is 17.8 Å². The number of halogens is 1. The molecule has 38 heavy (non-hydrogen) atoms. The summed E-state index contributed by atoms with van der Waals surface area (Å²) in [5.74, 6) is 7.69. The van der Waals surface area contributed by atoms with Crippen molar-refractivity contribution in [1.82, 2.24) is 20.2 Å². The molecule has 194 valence electrons. The third kappa shape index (κ3) is 6.34. The van der Waals surface area contributed by atoms with E-state index in [0.717, 1.165) is 21.5 Å². The monoisotopic (exact) mass is 547 g/mol. The Labute approximate surface area is 230 Å². The predicted octanol–water partition coefficient (Wildman–Crippen LogP) is 5.45. The van der Waals surface area contributed by atoms with Crippen molar-refractivity contribution in [3.63, 3.8) is 0 Å². The standard InChI is InChI=1S/C28H26ClN5O3S/c1-34(2)28(35)37-22-13-18(31-16-22)6-7-20-15-26-23(10-12-38-26)27(33-20)32-19-8-9-25(24(29)14-19)36-17-21-5-3-4-11-30-21/h3-5,8-12,14-15,18,22,31H,13,16-17H2,1-2H3,(H,32,33)/t18-,22+/m0/s1. The van der Waals surface area contributed by atoms with Gasteiger partial charge in [-0.25, -0.2) is 9.78 Å². The smallest absolute Gasteiger partial charge is 0.409 e. The number of anilines is 2. The number of benzene rings is 1. The molecule has 4 aromatic rings. The first-order valence-electron chi connectivity index (χ1n) is 12.0. The number of rotatable bonds is 6. The van der Waals surface area contributed by atoms with E-state index in [1.54, 1.807) is 31.6 Å². The Hall–Kier alpha value is -3.84. The van der Waals surface area contributed by atoms with Crippen molar-refractivity contribution in [3.8, 4) is 17.6 Å². The zero-order chi connectivity index (χ0) is 26.5. The van der Waals surface area contributed by atoms with Gasteiger partial charge in [-0.2, -0.15) is 0 Å². The van der Waals surface area contributed by atoms with Crippen LogP contribution in [-0.4, -0.2) is 53.7 Å². The first-order chi connectivity index (χ1) is 18.4. The molecular formula is C28H26ClN5O3S. The number of pyridine rings is 2. The van der Waals surface area contributed by atoms with Crippen LogP contribution in [0.5, 0.6) is 5.75 Å². The average Bonchev–Trinajstić information content (AvgIpc) is 3.57. The minimum Gasteiger partial charge on any atom is -0.486 e. The van der Waals surface area contributed by atoms with E-state index >= 15 is 0 Å². The Bertz CT molecular complexity index is 1500. The van der Waals surface area contributed by atoms with Crippen molar-refractivity contribution in [2.75, 3.05) is 26.0 Å². The summed E-state index contributed by atoms with van der Waals surface area (Å²) in [6.45, 7) is 0.908. The van der Waals surface area contributed by atoms with Gasteiger partial charge in [-0.1, -0.05) is 23.6 Å². The molecule has 0 bridgehead atoms. The van der Waals surface area contributed by atoms with E-state index < -0.39 is 0 Å². The molecule has 1 aliphatic heterocycles. The van der Waals surface area contributed by atoms with Crippen LogP contribution in [0.15, 0.2) is 60.1 Å². The molecule has 10 heteroatoms. The van der Waals surface area contributed by atoms with Crippen LogP contribution in [0, 0.1) is 11.8 Å². The number of carbonyl (C=O) groups is 1. The average molecular weight is 548 g/mol. The molecule has 3 aromatic heterocycles. The number of amides is 1. The fraction of sp³-hybridized carbons (Fsp3) is 0.250. The number of hydrogen-bond donors (Lipinski definition) is 2. The highest BCUT2D eigenvalue weighted by Crippen LogP contribution is 2.33. The maximum absolute atomic E-state index is 11.8. The van der Waals surface area contributed by atoms with E-state index in [2.05, 4.69) is 27.5 Å². The SMILES string of the molecule is CN(C)C(=O)O[C@H]1CN[C@@H](C#Cc2cc3sccc3c(Nc3ccc(OCc4ccccn4)c(Cl)c3)n2)C1. The van der Waals surface area contributed by atoms with E-state index in [4.69, 9.17) is 26.1 Å². The summed E-state index contributed by atoms with van der Waals surface area (Å²) >= 11 is 8.13. The summed E-state index contributed by atoms with van der Waals surface area (Å²) < 4.78 is 12.4. The van der Waals surface area contributed by atoms with Crippen molar-refractivity contribution in [3.05, 3.63) is 76.5 Å². The molecule has 4 heterocycles. The van der Waals surface area contributed by atoms with Crippen molar-refractivity contribution in [1.29, 1.82) is 0 Å². The van der Waals surface area contributed by atoms with Gasteiger partial charge in [0, 0.05) is 49.0 Å². The second-order valence-electron chi connectivity index (χ2n) is 8.93. The number of thiophene rings is 1. The van der Waals surface area contributed by atoms with Gasteiger partial charge in [0.1, 0.15) is 30.0 Å². The lowest BCUT2D eigenvalue weighted by atomic mass is 10.2. The Kier molecular flexibility index (Phi) is 7.94. The van der Waals surface area contributed by atoms with Crippen molar-refractivity contribution in [2.45, 2.75) is 25.2 Å². The lowest BCUT2D eigenvalue weighted by Crippen LogP contribution is -2.29. The van der Waals surface area contributed by atoms with Gasteiger partial charge in [-0.3, -0.25) is 10.3 Å². The molecule has 1 fully saturated rings. The molecule has 8 nitrogen and oxygen atoms in total. The summed E-state index contributed by atoms with van der Waals surface area (Å²) in [5.41, 5.74) is 2.26. The number of nitrogens with zero attached hydrogens (tertiary/aromatic N) is 3. The van der Waals surface area contributed by atoms with Crippen LogP contribution in [0.4, 0.5) is 16.3 Å². The van der Waals surface area contributed by atoms with Crippen LogP contribution in [0.25, 0.3) is 10.1 Å². The fourth-order valence-electron chi connectivity index (χ4n) is 3.90. The molecule has 2 atom stereocenters. The lowest BCUT2D eigenvalue weighted by Gasteiger charge is -2.15. The Morgan fingerprint density at radius 2 is 2.16 bits per heavy atom. The van der Waals surface area contributed by atoms with Crippen LogP contribution < -0.4 is 15.4 Å². The van der Waals surface area contributed by atoms with Crippen LogP contribution in [0.3, 0.4) is 0 Å². The minimum absolute atomic E-state index is 0.0790. The van der Waals surface area contributed by atoms with Gasteiger partial charge < -0.3 is 19.7 Å². The molecule has 0 radical (unpaired) electrons. The molecule has 0 aliphatic carbocycles.